The van der Waals surface area contributed by atoms with E-state index in [1.807, 2.05) is 39.8 Å². The van der Waals surface area contributed by atoms with Gasteiger partial charge in [-0.25, -0.2) is 0 Å². The van der Waals surface area contributed by atoms with E-state index in [4.69, 9.17) is 5.73 Å². The van der Waals surface area contributed by atoms with E-state index in [9.17, 15) is 4.79 Å². The molecule has 1 amide bonds. The van der Waals surface area contributed by atoms with Crippen LogP contribution in [0.2, 0.25) is 0 Å². The van der Waals surface area contributed by atoms with Crippen LogP contribution in [0.1, 0.15) is 40.3 Å². The van der Waals surface area contributed by atoms with Crippen molar-refractivity contribution in [3.05, 3.63) is 46.2 Å². The number of hydrogen-bond donors (Lipinski definition) is 2. The molecule has 0 saturated carbocycles. The maximum atomic E-state index is 12.4. The van der Waals surface area contributed by atoms with Gasteiger partial charge in [0.05, 0.1) is 11.4 Å². The maximum absolute atomic E-state index is 12.4. The Bertz CT molecular complexity index is 845. The molecular weight excluding hydrogens is 322 g/mol. The van der Waals surface area contributed by atoms with Gasteiger partial charge in [0.25, 0.3) is 5.91 Å². The molecule has 0 unspecified atom stereocenters. The van der Waals surface area contributed by atoms with E-state index in [-0.39, 0.29) is 5.91 Å². The minimum absolute atomic E-state index is 0.200. The second-order valence-corrected chi connectivity index (χ2v) is 5.97. The lowest BCUT2D eigenvalue weighted by molar-refractivity contribution is 0.0956. The molecule has 0 saturated heterocycles. The van der Waals surface area contributed by atoms with Gasteiger partial charge in [0, 0.05) is 24.3 Å². The number of rotatable bonds is 3. The molecular formula is C17H21N5OS. The van der Waals surface area contributed by atoms with Gasteiger partial charge in [-0.2, -0.15) is 5.10 Å². The zero-order chi connectivity index (χ0) is 17.7. The van der Waals surface area contributed by atoms with E-state index in [1.54, 1.807) is 12.4 Å². The first-order chi connectivity index (χ1) is 11.6. The average molecular weight is 343 g/mol. The summed E-state index contributed by atoms with van der Waals surface area (Å²) in [5.41, 5.74) is 9.39. The predicted octanol–water partition coefficient (Wildman–Crippen LogP) is 3.24. The van der Waals surface area contributed by atoms with Crippen LogP contribution in [0.5, 0.6) is 0 Å². The normalized spacial score (nSPS) is 10.2. The monoisotopic (exact) mass is 343 g/mol. The lowest BCUT2D eigenvalue weighted by Crippen LogP contribution is -2.22. The molecule has 6 nitrogen and oxygen atoms in total. The molecule has 24 heavy (non-hydrogen) atoms. The van der Waals surface area contributed by atoms with Crippen molar-refractivity contribution < 1.29 is 4.79 Å². The molecule has 126 valence electrons. The summed E-state index contributed by atoms with van der Waals surface area (Å²) in [7, 11) is 0. The zero-order valence-corrected chi connectivity index (χ0v) is 15.1. The molecule has 0 fully saturated rings. The third-order valence-electron chi connectivity index (χ3n) is 3.54. The van der Waals surface area contributed by atoms with E-state index >= 15 is 0 Å². The Hall–Kier alpha value is -2.54. The van der Waals surface area contributed by atoms with Crippen molar-refractivity contribution >= 4 is 33.1 Å². The number of anilines is 1. The van der Waals surface area contributed by atoms with Crippen LogP contribution >= 0.6 is 11.3 Å². The minimum atomic E-state index is -0.200. The molecule has 0 atom stereocenters. The Morgan fingerprint density at radius 3 is 2.54 bits per heavy atom. The summed E-state index contributed by atoms with van der Waals surface area (Å²) in [5.74, 6) is -0.200. The van der Waals surface area contributed by atoms with Gasteiger partial charge in [0.1, 0.15) is 9.71 Å². The third kappa shape index (κ3) is 3.51. The summed E-state index contributed by atoms with van der Waals surface area (Å²) in [5, 5.41) is 11.9. The Kier molecular flexibility index (Phi) is 5.81. The summed E-state index contributed by atoms with van der Waals surface area (Å²) in [6.45, 7) is 8.24. The highest BCUT2D eigenvalue weighted by atomic mass is 32.1. The van der Waals surface area contributed by atoms with Crippen molar-refractivity contribution in [2.75, 3.05) is 5.73 Å². The number of nitrogen functional groups attached to an aromatic ring is 1. The summed E-state index contributed by atoms with van der Waals surface area (Å²) in [6, 6.07) is 3.71. The number of carbonyl (C=O) groups excluding carboxylic acids is 1. The number of nitrogens with two attached hydrogens (primary N) is 1. The molecule has 0 radical (unpaired) electrons. The Balaban J connectivity index is 0.00000100. The van der Waals surface area contributed by atoms with Crippen LogP contribution in [0.15, 0.2) is 24.5 Å². The van der Waals surface area contributed by atoms with Crippen molar-refractivity contribution in [2.24, 2.45) is 0 Å². The van der Waals surface area contributed by atoms with Crippen molar-refractivity contribution in [2.45, 2.75) is 34.2 Å². The van der Waals surface area contributed by atoms with Crippen LogP contribution in [0, 0.1) is 13.8 Å². The van der Waals surface area contributed by atoms with Gasteiger partial charge in [-0.1, -0.05) is 13.8 Å². The van der Waals surface area contributed by atoms with E-state index in [1.165, 1.54) is 11.3 Å². The summed E-state index contributed by atoms with van der Waals surface area (Å²) in [4.78, 5) is 17.5. The number of aryl methyl sites for hydroxylation is 2. The second-order valence-electron chi connectivity index (χ2n) is 4.97. The van der Waals surface area contributed by atoms with Crippen LogP contribution in [0.3, 0.4) is 0 Å². The molecule has 0 aliphatic heterocycles. The van der Waals surface area contributed by atoms with Crippen LogP contribution in [-0.4, -0.2) is 21.1 Å². The first-order valence-electron chi connectivity index (χ1n) is 7.77. The van der Waals surface area contributed by atoms with E-state index < -0.39 is 0 Å². The molecule has 7 heteroatoms. The smallest absolute Gasteiger partial charge is 0.263 e. The van der Waals surface area contributed by atoms with Crippen molar-refractivity contribution in [3.8, 4) is 0 Å². The Morgan fingerprint density at radius 2 is 1.88 bits per heavy atom. The molecule has 0 aliphatic rings. The zero-order valence-electron chi connectivity index (χ0n) is 14.3. The third-order valence-corrected chi connectivity index (χ3v) is 4.63. The van der Waals surface area contributed by atoms with Crippen LogP contribution in [-0.2, 0) is 6.54 Å². The average Bonchev–Trinajstić information content (AvgIpc) is 2.96. The molecule has 0 bridgehead atoms. The van der Waals surface area contributed by atoms with Gasteiger partial charge in [-0.05, 0) is 37.1 Å². The fourth-order valence-corrected chi connectivity index (χ4v) is 3.19. The number of fused-ring (bicyclic) bond motifs is 1. The van der Waals surface area contributed by atoms with Crippen molar-refractivity contribution in [1.82, 2.24) is 20.5 Å². The largest absolute Gasteiger partial charge is 0.397 e. The Labute approximate surface area is 145 Å². The molecule has 3 N–H and O–H groups in total. The van der Waals surface area contributed by atoms with Crippen LogP contribution in [0.4, 0.5) is 5.69 Å². The van der Waals surface area contributed by atoms with Crippen LogP contribution in [0.25, 0.3) is 10.2 Å². The van der Waals surface area contributed by atoms with Crippen molar-refractivity contribution in [3.63, 3.8) is 0 Å². The standard InChI is InChI=1S/C15H15N5OS.C2H6/c1-8-9(2)19-20-15-11(8)12(16)13(22-15)14(21)18-7-10-3-5-17-6-4-10;1-2/h3-6H,7,16H2,1-2H3,(H,18,21);1-2H3. The highest BCUT2D eigenvalue weighted by Crippen LogP contribution is 2.34. The molecule has 3 rings (SSSR count). The number of carbonyl (C=O) groups is 1. The second kappa shape index (κ2) is 7.83. The number of nitrogens with one attached hydrogen (secondary N) is 1. The van der Waals surface area contributed by atoms with E-state index in [0.717, 1.165) is 22.2 Å². The number of amides is 1. The number of thiophene rings is 1. The quantitative estimate of drug-likeness (QED) is 0.761. The lowest BCUT2D eigenvalue weighted by Gasteiger charge is -2.04. The molecule has 0 aliphatic carbocycles. The van der Waals surface area contributed by atoms with Crippen LogP contribution < -0.4 is 11.1 Å². The summed E-state index contributed by atoms with van der Waals surface area (Å²) < 4.78 is 0. The maximum Gasteiger partial charge on any atom is 0.263 e. The molecule has 3 aromatic rings. The highest BCUT2D eigenvalue weighted by molar-refractivity contribution is 7.21. The Morgan fingerprint density at radius 1 is 1.21 bits per heavy atom. The number of aromatic nitrogens is 3. The topological polar surface area (TPSA) is 93.8 Å². The molecule has 3 aromatic heterocycles. The van der Waals surface area contributed by atoms with E-state index in [2.05, 4.69) is 20.5 Å². The van der Waals surface area contributed by atoms with Crippen molar-refractivity contribution in [1.29, 1.82) is 0 Å². The van der Waals surface area contributed by atoms with Gasteiger partial charge >= 0.3 is 0 Å². The SMILES string of the molecule is CC.Cc1nnc2sc(C(=O)NCc3ccncc3)c(N)c2c1C. The van der Waals surface area contributed by atoms with Gasteiger partial charge < -0.3 is 11.1 Å². The molecule has 3 heterocycles. The fourth-order valence-electron chi connectivity index (χ4n) is 2.17. The first kappa shape index (κ1) is 17.8. The highest BCUT2D eigenvalue weighted by Gasteiger charge is 2.19. The lowest BCUT2D eigenvalue weighted by atomic mass is 10.1. The molecule has 0 aromatic carbocycles. The van der Waals surface area contributed by atoms with Gasteiger partial charge in [-0.15, -0.1) is 16.4 Å². The summed E-state index contributed by atoms with van der Waals surface area (Å²) in [6.07, 6.45) is 3.38. The van der Waals surface area contributed by atoms with Gasteiger partial charge in [0.15, 0.2) is 0 Å². The summed E-state index contributed by atoms with van der Waals surface area (Å²) >= 11 is 1.27. The van der Waals surface area contributed by atoms with E-state index in [0.29, 0.717) is 21.9 Å². The van der Waals surface area contributed by atoms with Gasteiger partial charge in [0.2, 0.25) is 0 Å². The number of pyridine rings is 1. The number of nitrogens with zero attached hydrogens (tertiary/aromatic N) is 3. The molecule has 0 spiro atoms. The fraction of sp³-hybridized carbons (Fsp3) is 0.294. The first-order valence-corrected chi connectivity index (χ1v) is 8.58. The number of hydrogen-bond acceptors (Lipinski definition) is 6. The minimum Gasteiger partial charge on any atom is -0.397 e. The van der Waals surface area contributed by atoms with Gasteiger partial charge in [-0.3, -0.25) is 9.78 Å². The predicted molar refractivity (Wildman–Crippen MR) is 98.1 cm³/mol.